The van der Waals surface area contributed by atoms with E-state index < -0.39 is 0 Å². The van der Waals surface area contributed by atoms with Crippen molar-refractivity contribution in [1.82, 2.24) is 10.2 Å². The maximum Gasteiger partial charge on any atom is 0.193 e. The van der Waals surface area contributed by atoms with Crippen LogP contribution in [0, 0.1) is 0 Å². The van der Waals surface area contributed by atoms with Gasteiger partial charge in [0.1, 0.15) is 5.75 Å². The first kappa shape index (κ1) is 13.3. The zero-order valence-corrected chi connectivity index (χ0v) is 12.4. The fraction of sp³-hybridized carbons (Fsp3) is 0.562. The van der Waals surface area contributed by atoms with E-state index in [4.69, 9.17) is 4.74 Å². The lowest BCUT2D eigenvalue weighted by molar-refractivity contribution is 0.234. The van der Waals surface area contributed by atoms with Crippen LogP contribution in [0.4, 0.5) is 0 Å². The summed E-state index contributed by atoms with van der Waals surface area (Å²) in [5.74, 6) is 2.04. The highest BCUT2D eigenvalue weighted by molar-refractivity contribution is 5.81. The number of ether oxygens (including phenoxy) is 1. The van der Waals surface area contributed by atoms with E-state index in [9.17, 15) is 0 Å². The average Bonchev–Trinajstić information content (AvgIpc) is 2.84. The molecule has 0 spiro atoms. The van der Waals surface area contributed by atoms with E-state index in [2.05, 4.69) is 40.5 Å². The zero-order valence-electron chi connectivity index (χ0n) is 12.4. The molecule has 1 aromatic rings. The van der Waals surface area contributed by atoms with Gasteiger partial charge in [-0.2, -0.15) is 0 Å². The van der Waals surface area contributed by atoms with E-state index in [0.717, 1.165) is 31.3 Å². The Hall–Kier alpha value is -1.71. The molecule has 0 amide bonds. The molecular weight excluding hydrogens is 250 g/mol. The Kier molecular flexibility index (Phi) is 3.55. The van der Waals surface area contributed by atoms with Gasteiger partial charge in [-0.25, -0.2) is 0 Å². The van der Waals surface area contributed by atoms with Crippen molar-refractivity contribution in [2.45, 2.75) is 24.7 Å². The number of rotatable bonds is 4. The van der Waals surface area contributed by atoms with E-state index in [1.54, 1.807) is 7.11 Å². The Morgan fingerprint density at radius 3 is 2.75 bits per heavy atom. The first-order valence-electron chi connectivity index (χ1n) is 7.38. The number of hydrogen-bond acceptors (Lipinski definition) is 4. The van der Waals surface area contributed by atoms with E-state index in [-0.39, 0.29) is 5.41 Å². The predicted octanol–water partition coefficient (Wildman–Crippen LogP) is 2.01. The molecule has 0 saturated heterocycles. The second-order valence-corrected chi connectivity index (χ2v) is 5.81. The van der Waals surface area contributed by atoms with Crippen molar-refractivity contribution in [3.05, 3.63) is 29.8 Å². The Labute approximate surface area is 120 Å². The summed E-state index contributed by atoms with van der Waals surface area (Å²) < 4.78 is 5.55. The second-order valence-electron chi connectivity index (χ2n) is 5.81. The Morgan fingerprint density at radius 2 is 2.15 bits per heavy atom. The number of nitrogens with zero attached hydrogens (tertiary/aromatic N) is 2. The minimum absolute atomic E-state index is 0.207. The van der Waals surface area contributed by atoms with Gasteiger partial charge in [0.15, 0.2) is 5.96 Å². The normalized spacial score (nSPS) is 20.3. The number of nitrogens with one attached hydrogen (secondary N) is 1. The fourth-order valence-corrected chi connectivity index (χ4v) is 3.20. The molecule has 1 aliphatic heterocycles. The van der Waals surface area contributed by atoms with Crippen molar-refractivity contribution in [3.8, 4) is 5.75 Å². The molecule has 1 fully saturated rings. The van der Waals surface area contributed by atoms with Crippen molar-refractivity contribution in [1.29, 1.82) is 0 Å². The number of guanidine groups is 1. The molecule has 0 unspecified atom stereocenters. The standard InChI is InChI=1S/C16H23N3O/c1-19-11-10-17-15(19)18-12-16(8-5-9-16)13-6-3-4-7-14(13)20-2/h3-4,6-7H,5,8-12H2,1-2H3,(H,17,18). The van der Waals surface area contributed by atoms with Crippen LogP contribution >= 0.6 is 0 Å². The highest BCUT2D eigenvalue weighted by atomic mass is 16.5. The number of para-hydroxylation sites is 1. The van der Waals surface area contributed by atoms with Crippen molar-refractivity contribution in [3.63, 3.8) is 0 Å². The molecule has 1 aromatic carbocycles. The predicted molar refractivity (Wildman–Crippen MR) is 81.5 cm³/mol. The van der Waals surface area contributed by atoms with E-state index in [1.807, 2.05) is 6.07 Å². The Morgan fingerprint density at radius 1 is 1.35 bits per heavy atom. The van der Waals surface area contributed by atoms with E-state index in [1.165, 1.54) is 24.8 Å². The van der Waals surface area contributed by atoms with Crippen LogP contribution in [-0.2, 0) is 5.41 Å². The van der Waals surface area contributed by atoms with Crippen LogP contribution in [0.2, 0.25) is 0 Å². The lowest BCUT2D eigenvalue weighted by atomic mass is 9.64. The van der Waals surface area contributed by atoms with Crippen molar-refractivity contribution >= 4 is 5.96 Å². The summed E-state index contributed by atoms with van der Waals surface area (Å²) in [6.45, 7) is 2.86. The monoisotopic (exact) mass is 273 g/mol. The van der Waals surface area contributed by atoms with Crippen molar-refractivity contribution in [2.24, 2.45) is 4.99 Å². The Balaban J connectivity index is 1.77. The van der Waals surface area contributed by atoms with Crippen molar-refractivity contribution < 1.29 is 4.74 Å². The minimum Gasteiger partial charge on any atom is -0.496 e. The molecule has 0 aromatic heterocycles. The van der Waals surface area contributed by atoms with Crippen LogP contribution < -0.4 is 10.1 Å². The molecule has 108 valence electrons. The molecule has 4 nitrogen and oxygen atoms in total. The first-order chi connectivity index (χ1) is 9.75. The third-order valence-electron chi connectivity index (χ3n) is 4.63. The quantitative estimate of drug-likeness (QED) is 0.911. The summed E-state index contributed by atoms with van der Waals surface area (Å²) in [7, 11) is 3.85. The summed E-state index contributed by atoms with van der Waals surface area (Å²) in [5.41, 5.74) is 1.54. The van der Waals surface area contributed by atoms with Crippen LogP contribution in [0.25, 0.3) is 0 Å². The van der Waals surface area contributed by atoms with Crippen LogP contribution in [-0.4, -0.2) is 44.7 Å². The molecule has 1 aliphatic carbocycles. The molecule has 0 atom stereocenters. The van der Waals surface area contributed by atoms with E-state index >= 15 is 0 Å². The molecular formula is C16H23N3O. The van der Waals surface area contributed by atoms with Crippen molar-refractivity contribution in [2.75, 3.05) is 33.8 Å². The lowest BCUT2D eigenvalue weighted by Gasteiger charge is -2.43. The van der Waals surface area contributed by atoms with Gasteiger partial charge in [-0.05, 0) is 18.9 Å². The summed E-state index contributed by atoms with van der Waals surface area (Å²) in [6.07, 6.45) is 3.73. The van der Waals surface area contributed by atoms with Gasteiger partial charge >= 0.3 is 0 Å². The second kappa shape index (κ2) is 5.35. The van der Waals surface area contributed by atoms with Gasteiger partial charge < -0.3 is 15.0 Å². The van der Waals surface area contributed by atoms with Crippen LogP contribution in [0.15, 0.2) is 29.3 Å². The number of likely N-dealkylation sites (N-methyl/N-ethyl adjacent to an activating group) is 1. The molecule has 0 radical (unpaired) electrons. The number of aliphatic imine (C=N–C) groups is 1. The summed E-state index contributed by atoms with van der Waals surface area (Å²) in [4.78, 5) is 6.70. The zero-order chi connectivity index (χ0) is 14.0. The molecule has 0 bridgehead atoms. The van der Waals surface area contributed by atoms with Gasteiger partial charge in [0.05, 0.1) is 13.7 Å². The Bertz CT molecular complexity index is 508. The molecule has 3 rings (SSSR count). The highest BCUT2D eigenvalue weighted by Gasteiger charge is 2.40. The lowest BCUT2D eigenvalue weighted by Crippen LogP contribution is -2.48. The SMILES string of the molecule is COc1ccccc1C1(CNC2=NCCN2C)CCC1. The van der Waals surface area contributed by atoms with Gasteiger partial charge in [0, 0.05) is 31.1 Å². The maximum absolute atomic E-state index is 5.55. The van der Waals surface area contributed by atoms with Gasteiger partial charge in [0.25, 0.3) is 0 Å². The fourth-order valence-electron chi connectivity index (χ4n) is 3.20. The van der Waals surface area contributed by atoms with Crippen LogP contribution in [0.3, 0.4) is 0 Å². The number of hydrogen-bond donors (Lipinski definition) is 1. The molecule has 4 heteroatoms. The molecule has 1 N–H and O–H groups in total. The number of methoxy groups -OCH3 is 1. The summed E-state index contributed by atoms with van der Waals surface area (Å²) in [5, 5.41) is 3.54. The van der Waals surface area contributed by atoms with E-state index in [0.29, 0.717) is 0 Å². The highest BCUT2D eigenvalue weighted by Crippen LogP contribution is 2.46. The topological polar surface area (TPSA) is 36.9 Å². The van der Waals surface area contributed by atoms with Gasteiger partial charge in [-0.3, -0.25) is 4.99 Å². The third kappa shape index (κ3) is 2.23. The van der Waals surface area contributed by atoms with Gasteiger partial charge in [-0.15, -0.1) is 0 Å². The number of benzene rings is 1. The van der Waals surface area contributed by atoms with Gasteiger partial charge in [-0.1, -0.05) is 24.6 Å². The van der Waals surface area contributed by atoms with Crippen LogP contribution in [0.5, 0.6) is 5.75 Å². The van der Waals surface area contributed by atoms with Gasteiger partial charge in [0.2, 0.25) is 0 Å². The smallest absolute Gasteiger partial charge is 0.193 e. The molecule has 2 aliphatic rings. The minimum atomic E-state index is 0.207. The average molecular weight is 273 g/mol. The molecule has 20 heavy (non-hydrogen) atoms. The molecule has 1 saturated carbocycles. The molecule has 1 heterocycles. The third-order valence-corrected chi connectivity index (χ3v) is 4.63. The van der Waals surface area contributed by atoms with Crippen LogP contribution in [0.1, 0.15) is 24.8 Å². The summed E-state index contributed by atoms with van der Waals surface area (Å²) in [6, 6.07) is 8.42. The largest absolute Gasteiger partial charge is 0.496 e. The maximum atomic E-state index is 5.55. The first-order valence-corrected chi connectivity index (χ1v) is 7.38. The summed E-state index contributed by atoms with van der Waals surface area (Å²) >= 11 is 0.